The van der Waals surface area contributed by atoms with Gasteiger partial charge in [0.05, 0.1) is 5.57 Å². The monoisotopic (exact) mass is 503 g/mol. The predicted molar refractivity (Wildman–Crippen MR) is 141 cm³/mol. The molecule has 0 saturated heterocycles. The molecule has 0 aliphatic carbocycles. The SMILES string of the molecule is CC(C)(C)OC(=O)NC1=C(c2cn(CCCC3CSc4ccccc43)c3ccccc23)C(=O)NC1=O. The van der Waals surface area contributed by atoms with Gasteiger partial charge in [-0.2, -0.15) is 0 Å². The minimum absolute atomic E-state index is 0.0864. The third-order valence-electron chi connectivity index (χ3n) is 6.37. The van der Waals surface area contributed by atoms with Crippen LogP contribution in [-0.4, -0.2) is 33.8 Å². The van der Waals surface area contributed by atoms with E-state index >= 15 is 0 Å². The Morgan fingerprint density at radius 3 is 2.67 bits per heavy atom. The van der Waals surface area contributed by atoms with Crippen LogP contribution in [0.15, 0.2) is 65.3 Å². The average molecular weight is 504 g/mol. The molecule has 0 bridgehead atoms. The first-order chi connectivity index (χ1) is 17.2. The number of amides is 3. The van der Waals surface area contributed by atoms with Gasteiger partial charge in [0.2, 0.25) is 0 Å². The van der Waals surface area contributed by atoms with E-state index in [0.29, 0.717) is 11.5 Å². The van der Waals surface area contributed by atoms with Crippen LogP contribution in [0.3, 0.4) is 0 Å². The van der Waals surface area contributed by atoms with Gasteiger partial charge in [0.25, 0.3) is 11.8 Å². The summed E-state index contributed by atoms with van der Waals surface area (Å²) in [4.78, 5) is 39.2. The quantitative estimate of drug-likeness (QED) is 0.451. The third-order valence-corrected chi connectivity index (χ3v) is 7.62. The topological polar surface area (TPSA) is 89.4 Å². The summed E-state index contributed by atoms with van der Waals surface area (Å²) in [5.41, 5.74) is 2.35. The molecular weight excluding hydrogens is 474 g/mol. The number of ether oxygens (including phenoxy) is 1. The van der Waals surface area contributed by atoms with E-state index in [2.05, 4.69) is 39.5 Å². The van der Waals surface area contributed by atoms with Crippen LogP contribution in [-0.2, 0) is 20.9 Å². The van der Waals surface area contributed by atoms with Crippen molar-refractivity contribution in [3.63, 3.8) is 0 Å². The standard InChI is InChI=1S/C28H29N3O4S/c1-28(2,3)35-27(34)29-24-23(25(32)30-26(24)33)20-15-31(21-12-6-4-11-19(20)21)14-8-9-17-16-36-22-13-7-5-10-18(17)22/h4-7,10-13,15,17H,8-9,14,16H2,1-3H3,(H2,29,30,32,33,34). The second kappa shape index (κ2) is 9.50. The molecule has 186 valence electrons. The number of hydrogen-bond donors (Lipinski definition) is 2. The lowest BCUT2D eigenvalue weighted by atomic mass is 9.96. The minimum Gasteiger partial charge on any atom is -0.444 e. The van der Waals surface area contributed by atoms with Crippen LogP contribution in [0.2, 0.25) is 0 Å². The van der Waals surface area contributed by atoms with Gasteiger partial charge < -0.3 is 9.30 Å². The molecule has 8 heteroatoms. The van der Waals surface area contributed by atoms with E-state index in [1.807, 2.05) is 42.2 Å². The zero-order valence-corrected chi connectivity index (χ0v) is 21.4. The Kier molecular flexibility index (Phi) is 6.38. The van der Waals surface area contributed by atoms with E-state index < -0.39 is 23.5 Å². The summed E-state index contributed by atoms with van der Waals surface area (Å²) in [5.74, 6) is 0.466. The molecule has 2 aliphatic rings. The lowest BCUT2D eigenvalue weighted by Crippen LogP contribution is -2.35. The molecule has 5 rings (SSSR count). The first kappa shape index (κ1) is 24.2. The van der Waals surface area contributed by atoms with Gasteiger partial charge in [-0.25, -0.2) is 4.79 Å². The number of carbonyl (C=O) groups excluding carboxylic acids is 3. The van der Waals surface area contributed by atoms with Crippen LogP contribution in [0.4, 0.5) is 4.79 Å². The molecule has 3 amide bonds. The highest BCUT2D eigenvalue weighted by molar-refractivity contribution is 7.99. The van der Waals surface area contributed by atoms with Crippen molar-refractivity contribution in [2.24, 2.45) is 0 Å². The number of nitrogens with zero attached hydrogens (tertiary/aromatic N) is 1. The Morgan fingerprint density at radius 1 is 1.11 bits per heavy atom. The second-order valence-corrected chi connectivity index (χ2v) is 11.2. The number of aromatic nitrogens is 1. The normalized spacial score (nSPS) is 17.5. The van der Waals surface area contributed by atoms with Crippen LogP contribution in [0, 0.1) is 0 Å². The van der Waals surface area contributed by atoms with Crippen LogP contribution in [0.5, 0.6) is 0 Å². The molecule has 1 aromatic heterocycles. The zero-order valence-electron chi connectivity index (χ0n) is 20.6. The van der Waals surface area contributed by atoms with E-state index in [0.717, 1.165) is 36.0 Å². The largest absolute Gasteiger partial charge is 0.444 e. The summed E-state index contributed by atoms with van der Waals surface area (Å²) < 4.78 is 7.44. The van der Waals surface area contributed by atoms with E-state index in [4.69, 9.17) is 4.74 Å². The van der Waals surface area contributed by atoms with Crippen molar-refractivity contribution in [1.82, 2.24) is 15.2 Å². The van der Waals surface area contributed by atoms with Crippen LogP contribution in [0.25, 0.3) is 16.5 Å². The maximum absolute atomic E-state index is 12.8. The van der Waals surface area contributed by atoms with Crippen molar-refractivity contribution in [3.05, 3.63) is 71.6 Å². The number of hydrogen-bond acceptors (Lipinski definition) is 5. The fraction of sp³-hybridized carbons (Fsp3) is 0.321. The Bertz CT molecular complexity index is 1400. The number of aryl methyl sites for hydroxylation is 1. The number of alkyl carbamates (subject to hydrolysis) is 1. The molecule has 2 N–H and O–H groups in total. The fourth-order valence-electron chi connectivity index (χ4n) is 4.84. The number of fused-ring (bicyclic) bond motifs is 2. The smallest absolute Gasteiger partial charge is 0.412 e. The first-order valence-electron chi connectivity index (χ1n) is 12.1. The van der Waals surface area contributed by atoms with Gasteiger partial charge in [-0.05, 0) is 57.2 Å². The number of thioether (sulfide) groups is 1. The Morgan fingerprint density at radius 2 is 1.86 bits per heavy atom. The Labute approximate surface area is 214 Å². The summed E-state index contributed by atoms with van der Waals surface area (Å²) in [7, 11) is 0. The molecule has 0 saturated carbocycles. The van der Waals surface area contributed by atoms with Crippen molar-refractivity contribution < 1.29 is 19.1 Å². The second-order valence-electron chi connectivity index (χ2n) is 10.1. The molecule has 2 aromatic carbocycles. The van der Waals surface area contributed by atoms with Crippen LogP contribution >= 0.6 is 11.8 Å². The summed E-state index contributed by atoms with van der Waals surface area (Å²) in [6.45, 7) is 5.98. The molecule has 0 fully saturated rings. The van der Waals surface area contributed by atoms with E-state index in [9.17, 15) is 14.4 Å². The van der Waals surface area contributed by atoms with E-state index in [1.165, 1.54) is 10.5 Å². The van der Waals surface area contributed by atoms with Gasteiger partial charge in [0.15, 0.2) is 0 Å². The highest BCUT2D eigenvalue weighted by Crippen LogP contribution is 2.41. The molecule has 3 heterocycles. The van der Waals surface area contributed by atoms with E-state index in [1.54, 1.807) is 20.8 Å². The van der Waals surface area contributed by atoms with Gasteiger partial charge in [-0.15, -0.1) is 11.8 Å². The first-order valence-corrected chi connectivity index (χ1v) is 13.1. The molecule has 36 heavy (non-hydrogen) atoms. The molecule has 0 spiro atoms. The summed E-state index contributed by atoms with van der Waals surface area (Å²) in [5, 5.41) is 5.66. The highest BCUT2D eigenvalue weighted by atomic mass is 32.2. The van der Waals surface area contributed by atoms with Crippen molar-refractivity contribution in [2.45, 2.75) is 56.6 Å². The molecule has 1 unspecified atom stereocenters. The average Bonchev–Trinajstić information content (AvgIpc) is 3.47. The molecule has 7 nitrogen and oxygen atoms in total. The zero-order chi connectivity index (χ0) is 25.4. The van der Waals surface area contributed by atoms with Crippen molar-refractivity contribution >= 4 is 46.1 Å². The number of carbonyl (C=O) groups is 3. The molecule has 1 atom stereocenters. The van der Waals surface area contributed by atoms with Crippen LogP contribution in [0.1, 0.15) is 50.7 Å². The van der Waals surface area contributed by atoms with Crippen LogP contribution < -0.4 is 10.6 Å². The van der Waals surface area contributed by atoms with Gasteiger partial charge in [-0.3, -0.25) is 20.2 Å². The maximum atomic E-state index is 12.8. The minimum atomic E-state index is -0.779. The Balaban J connectivity index is 1.42. The summed E-state index contributed by atoms with van der Waals surface area (Å²) in [6, 6.07) is 16.4. The lowest BCUT2D eigenvalue weighted by Gasteiger charge is -2.19. The van der Waals surface area contributed by atoms with Gasteiger partial charge >= 0.3 is 6.09 Å². The Hall–Kier alpha value is -3.52. The van der Waals surface area contributed by atoms with Gasteiger partial charge in [-0.1, -0.05) is 36.4 Å². The van der Waals surface area contributed by atoms with Crippen molar-refractivity contribution in [2.75, 3.05) is 5.75 Å². The van der Waals surface area contributed by atoms with Crippen molar-refractivity contribution in [1.29, 1.82) is 0 Å². The summed E-state index contributed by atoms with van der Waals surface area (Å²) >= 11 is 1.92. The summed E-state index contributed by atoms with van der Waals surface area (Å²) in [6.07, 6.45) is 3.18. The number of rotatable bonds is 6. The molecule has 3 aromatic rings. The third kappa shape index (κ3) is 4.78. The molecular formula is C28H29N3O4S. The maximum Gasteiger partial charge on any atom is 0.412 e. The number of imide groups is 1. The predicted octanol–water partition coefficient (Wildman–Crippen LogP) is 5.20. The number of para-hydroxylation sites is 1. The van der Waals surface area contributed by atoms with Crippen molar-refractivity contribution in [3.8, 4) is 0 Å². The molecule has 0 radical (unpaired) electrons. The fourth-order valence-corrected chi connectivity index (χ4v) is 6.15. The number of benzene rings is 2. The van der Waals surface area contributed by atoms with E-state index in [-0.39, 0.29) is 11.3 Å². The highest BCUT2D eigenvalue weighted by Gasteiger charge is 2.35. The number of nitrogens with one attached hydrogen (secondary N) is 2. The lowest BCUT2D eigenvalue weighted by molar-refractivity contribution is -0.123. The van der Waals surface area contributed by atoms with Gasteiger partial charge in [0, 0.05) is 39.9 Å². The molecule has 2 aliphatic heterocycles. The van der Waals surface area contributed by atoms with Gasteiger partial charge in [0.1, 0.15) is 11.3 Å².